The molecule has 0 aliphatic heterocycles. The van der Waals surface area contributed by atoms with E-state index in [9.17, 15) is 4.79 Å². The van der Waals surface area contributed by atoms with Crippen LogP contribution in [0.1, 0.15) is 41.5 Å². The summed E-state index contributed by atoms with van der Waals surface area (Å²) in [5.74, 6) is 0. The number of amides is 1. The second-order valence-electron chi connectivity index (χ2n) is 4.03. The van der Waals surface area contributed by atoms with Crippen molar-refractivity contribution in [2.24, 2.45) is 0 Å². The van der Waals surface area contributed by atoms with Crippen LogP contribution in [-0.4, -0.2) is 27.5 Å². The highest BCUT2D eigenvalue weighted by atomic mass is 32.2. The minimum atomic E-state index is 0.194. The van der Waals surface area contributed by atoms with Crippen LogP contribution in [0.15, 0.2) is 0 Å². The largest absolute Gasteiger partial charge is 0.329 e. The molecule has 3 heteroatoms. The van der Waals surface area contributed by atoms with Crippen LogP contribution in [0.4, 0.5) is 4.79 Å². The summed E-state index contributed by atoms with van der Waals surface area (Å²) in [5.41, 5.74) is 0. The third kappa shape index (κ3) is 4.55. The van der Waals surface area contributed by atoms with Crippen molar-refractivity contribution in [2.75, 3.05) is 0 Å². The third-order valence-corrected chi connectivity index (χ3v) is 2.54. The van der Waals surface area contributed by atoms with Crippen molar-refractivity contribution >= 4 is 17.0 Å². The Balaban J connectivity index is 4.29. The first kappa shape index (κ1) is 12.8. The van der Waals surface area contributed by atoms with E-state index in [1.54, 1.807) is 0 Å². The van der Waals surface area contributed by atoms with Crippen LogP contribution < -0.4 is 0 Å². The summed E-state index contributed by atoms with van der Waals surface area (Å²) < 4.78 is 0. The molecule has 0 radical (unpaired) electrons. The van der Waals surface area contributed by atoms with E-state index in [1.165, 1.54) is 11.8 Å². The summed E-state index contributed by atoms with van der Waals surface area (Å²) >= 11 is 1.41. The topological polar surface area (TPSA) is 20.3 Å². The standard InChI is InChI=1S/C10H21NOS/c1-7(2)11(8(3)4)10(12)13-9(5)6/h7-9H,1-6H3. The number of carbonyl (C=O) groups is 1. The molecule has 0 saturated heterocycles. The summed E-state index contributed by atoms with van der Waals surface area (Å²) in [5, 5.41) is 0.563. The molecule has 0 aliphatic carbocycles. The molecular formula is C10H21NOS. The Morgan fingerprint density at radius 1 is 1.00 bits per heavy atom. The van der Waals surface area contributed by atoms with E-state index in [0.29, 0.717) is 17.3 Å². The molecule has 0 aromatic carbocycles. The third-order valence-electron chi connectivity index (χ3n) is 1.66. The van der Waals surface area contributed by atoms with Gasteiger partial charge < -0.3 is 4.90 Å². The van der Waals surface area contributed by atoms with E-state index in [4.69, 9.17) is 0 Å². The van der Waals surface area contributed by atoms with Gasteiger partial charge >= 0.3 is 0 Å². The minimum Gasteiger partial charge on any atom is -0.329 e. The lowest BCUT2D eigenvalue weighted by Crippen LogP contribution is -2.40. The molecule has 0 aromatic heterocycles. The minimum absolute atomic E-state index is 0.194. The molecule has 0 aromatic rings. The average molecular weight is 203 g/mol. The zero-order chi connectivity index (χ0) is 10.6. The Labute approximate surface area is 86.1 Å². The van der Waals surface area contributed by atoms with Gasteiger partial charge in [-0.25, -0.2) is 0 Å². The van der Waals surface area contributed by atoms with Gasteiger partial charge in [-0.05, 0) is 27.7 Å². The van der Waals surface area contributed by atoms with E-state index >= 15 is 0 Å². The predicted molar refractivity (Wildman–Crippen MR) is 60.2 cm³/mol. The van der Waals surface area contributed by atoms with E-state index in [2.05, 4.69) is 27.7 Å². The highest BCUT2D eigenvalue weighted by Gasteiger charge is 2.20. The second kappa shape index (κ2) is 5.53. The first-order valence-corrected chi connectivity index (χ1v) is 5.73. The van der Waals surface area contributed by atoms with Crippen LogP contribution in [-0.2, 0) is 0 Å². The van der Waals surface area contributed by atoms with Crippen molar-refractivity contribution in [3.8, 4) is 0 Å². The molecule has 0 rings (SSSR count). The molecule has 0 N–H and O–H groups in total. The molecule has 13 heavy (non-hydrogen) atoms. The quantitative estimate of drug-likeness (QED) is 0.701. The molecule has 0 saturated carbocycles. The summed E-state index contributed by atoms with van der Waals surface area (Å²) in [7, 11) is 0. The fraction of sp³-hybridized carbons (Fsp3) is 0.900. The van der Waals surface area contributed by atoms with Crippen LogP contribution in [0.5, 0.6) is 0 Å². The average Bonchev–Trinajstić information content (AvgIpc) is 1.81. The van der Waals surface area contributed by atoms with Gasteiger partial charge in [0, 0.05) is 17.3 Å². The lowest BCUT2D eigenvalue weighted by molar-refractivity contribution is 0.190. The smallest absolute Gasteiger partial charge is 0.282 e. The van der Waals surface area contributed by atoms with E-state index in [1.807, 2.05) is 18.7 Å². The van der Waals surface area contributed by atoms with Crippen molar-refractivity contribution in [3.63, 3.8) is 0 Å². The van der Waals surface area contributed by atoms with Crippen molar-refractivity contribution in [2.45, 2.75) is 58.9 Å². The summed E-state index contributed by atoms with van der Waals surface area (Å²) in [6.07, 6.45) is 0. The van der Waals surface area contributed by atoms with Crippen LogP contribution >= 0.6 is 11.8 Å². The zero-order valence-electron chi connectivity index (χ0n) is 9.50. The van der Waals surface area contributed by atoms with Gasteiger partial charge in [-0.2, -0.15) is 0 Å². The Morgan fingerprint density at radius 3 is 1.62 bits per heavy atom. The van der Waals surface area contributed by atoms with Gasteiger partial charge in [0.2, 0.25) is 0 Å². The first-order valence-electron chi connectivity index (χ1n) is 4.85. The van der Waals surface area contributed by atoms with Crippen LogP contribution in [0.25, 0.3) is 0 Å². The monoisotopic (exact) mass is 203 g/mol. The summed E-state index contributed by atoms with van der Waals surface area (Å²) in [6.45, 7) is 12.3. The van der Waals surface area contributed by atoms with Crippen LogP contribution in [0, 0.1) is 0 Å². The van der Waals surface area contributed by atoms with E-state index in [-0.39, 0.29) is 5.24 Å². The summed E-state index contributed by atoms with van der Waals surface area (Å²) in [4.78, 5) is 13.6. The molecule has 78 valence electrons. The SMILES string of the molecule is CC(C)SC(=O)N(C(C)C)C(C)C. The lowest BCUT2D eigenvalue weighted by atomic mass is 10.2. The highest BCUT2D eigenvalue weighted by molar-refractivity contribution is 8.14. The maximum atomic E-state index is 11.7. The van der Waals surface area contributed by atoms with Gasteiger partial charge in [0.1, 0.15) is 0 Å². The molecule has 0 unspecified atom stereocenters. The zero-order valence-corrected chi connectivity index (χ0v) is 10.3. The number of carbonyl (C=O) groups excluding carboxylic acids is 1. The van der Waals surface area contributed by atoms with Gasteiger partial charge in [-0.3, -0.25) is 4.79 Å². The van der Waals surface area contributed by atoms with E-state index in [0.717, 1.165) is 0 Å². The van der Waals surface area contributed by atoms with Crippen LogP contribution in [0.2, 0.25) is 0 Å². The van der Waals surface area contributed by atoms with Crippen molar-refractivity contribution in [1.29, 1.82) is 0 Å². The maximum absolute atomic E-state index is 11.7. The van der Waals surface area contributed by atoms with E-state index < -0.39 is 0 Å². The highest BCUT2D eigenvalue weighted by Crippen LogP contribution is 2.19. The van der Waals surface area contributed by atoms with Crippen molar-refractivity contribution < 1.29 is 4.79 Å². The Hall–Kier alpha value is -0.180. The molecule has 2 nitrogen and oxygen atoms in total. The normalized spacial score (nSPS) is 11.5. The van der Waals surface area contributed by atoms with Gasteiger partial charge in [-0.1, -0.05) is 25.6 Å². The number of hydrogen-bond donors (Lipinski definition) is 0. The molecule has 0 fully saturated rings. The van der Waals surface area contributed by atoms with Crippen molar-refractivity contribution in [1.82, 2.24) is 4.90 Å². The maximum Gasteiger partial charge on any atom is 0.282 e. The van der Waals surface area contributed by atoms with Crippen LogP contribution in [0.3, 0.4) is 0 Å². The molecule has 0 heterocycles. The fourth-order valence-corrected chi connectivity index (χ4v) is 2.23. The molecule has 1 amide bonds. The molecule has 0 spiro atoms. The Kier molecular flexibility index (Phi) is 5.45. The van der Waals surface area contributed by atoms with Gasteiger partial charge in [0.25, 0.3) is 5.24 Å². The predicted octanol–water partition coefficient (Wildman–Crippen LogP) is 3.37. The number of hydrogen-bond acceptors (Lipinski definition) is 2. The molecular weight excluding hydrogens is 182 g/mol. The number of thioether (sulfide) groups is 1. The van der Waals surface area contributed by atoms with Gasteiger partial charge in [0.05, 0.1) is 0 Å². The lowest BCUT2D eigenvalue weighted by Gasteiger charge is -2.30. The van der Waals surface area contributed by atoms with Gasteiger partial charge in [-0.15, -0.1) is 0 Å². The fourth-order valence-electron chi connectivity index (χ4n) is 1.28. The Bertz CT molecular complexity index is 158. The molecule has 0 bridgehead atoms. The number of rotatable bonds is 3. The first-order chi connectivity index (χ1) is 5.86. The summed E-state index contributed by atoms with van der Waals surface area (Å²) in [6, 6.07) is 0.581. The number of nitrogens with zero attached hydrogens (tertiary/aromatic N) is 1. The Morgan fingerprint density at radius 2 is 1.38 bits per heavy atom. The second-order valence-corrected chi connectivity index (χ2v) is 5.56. The van der Waals surface area contributed by atoms with Crippen molar-refractivity contribution in [3.05, 3.63) is 0 Å². The molecule has 0 atom stereocenters. The molecule has 0 aliphatic rings. The van der Waals surface area contributed by atoms with Gasteiger partial charge in [0.15, 0.2) is 0 Å².